The van der Waals surface area contributed by atoms with Gasteiger partial charge in [0.2, 0.25) is 6.33 Å². The van der Waals surface area contributed by atoms with Gasteiger partial charge in [0.15, 0.2) is 5.12 Å². The van der Waals surface area contributed by atoms with Crippen LogP contribution in [-0.2, 0) is 18.4 Å². The van der Waals surface area contributed by atoms with Gasteiger partial charge >= 0.3 is 0 Å². The van der Waals surface area contributed by atoms with Crippen LogP contribution in [0, 0.1) is 0 Å². The van der Waals surface area contributed by atoms with Crippen LogP contribution in [0.3, 0.4) is 0 Å². The van der Waals surface area contributed by atoms with E-state index in [1.54, 1.807) is 6.92 Å². The van der Waals surface area contributed by atoms with Crippen molar-refractivity contribution in [3.8, 4) is 0 Å². The second-order valence-corrected chi connectivity index (χ2v) is 4.64. The third kappa shape index (κ3) is 6.73. The fourth-order valence-electron chi connectivity index (χ4n) is 1.25. The van der Waals surface area contributed by atoms with Gasteiger partial charge in [-0.2, -0.15) is 0 Å². The molecule has 3 nitrogen and oxygen atoms in total. The predicted octanol–water partition coefficient (Wildman–Crippen LogP) is -1.62. The normalized spacial score (nSPS) is 9.73. The van der Waals surface area contributed by atoms with Gasteiger partial charge in [0.1, 0.15) is 12.4 Å². The lowest BCUT2D eigenvalue weighted by atomic mass is 10.3. The molecule has 15 heavy (non-hydrogen) atoms. The summed E-state index contributed by atoms with van der Waals surface area (Å²) in [7, 11) is 2.02. The first-order valence-electron chi connectivity index (χ1n) is 4.83. The summed E-state index contributed by atoms with van der Waals surface area (Å²) in [5.74, 6) is 0.947. The average molecular weight is 293 g/mol. The number of aromatic nitrogens is 2. The summed E-state index contributed by atoms with van der Waals surface area (Å²) in [6.45, 7) is 2.66. The van der Waals surface area contributed by atoms with Crippen molar-refractivity contribution in [2.45, 2.75) is 26.3 Å². The molecule has 0 saturated heterocycles. The summed E-state index contributed by atoms with van der Waals surface area (Å²) >= 11 is 1.42. The van der Waals surface area contributed by atoms with E-state index < -0.39 is 0 Å². The topological polar surface area (TPSA) is 25.9 Å². The van der Waals surface area contributed by atoms with Gasteiger partial charge in [0.25, 0.3) is 0 Å². The van der Waals surface area contributed by atoms with Crippen molar-refractivity contribution in [3.05, 3.63) is 18.7 Å². The Labute approximate surface area is 106 Å². The number of hydrogen-bond donors (Lipinski definition) is 0. The van der Waals surface area contributed by atoms with Gasteiger partial charge < -0.3 is 17.0 Å². The molecule has 0 saturated carbocycles. The van der Waals surface area contributed by atoms with Crippen LogP contribution in [0.5, 0.6) is 0 Å². The van der Waals surface area contributed by atoms with E-state index in [4.69, 9.17) is 0 Å². The van der Waals surface area contributed by atoms with Gasteiger partial charge in [-0.25, -0.2) is 9.13 Å². The SMILES string of the molecule is CC(=O)SCCCCn1cc[n+](C)c1.[Br-]. The molecular formula is C10H17BrN2OS. The van der Waals surface area contributed by atoms with Crippen molar-refractivity contribution in [1.82, 2.24) is 4.57 Å². The molecule has 0 amide bonds. The Morgan fingerprint density at radius 1 is 1.47 bits per heavy atom. The van der Waals surface area contributed by atoms with Gasteiger partial charge in [0, 0.05) is 12.7 Å². The lowest BCUT2D eigenvalue weighted by Gasteiger charge is -1.96. The molecule has 0 fully saturated rings. The minimum Gasteiger partial charge on any atom is -1.00 e. The van der Waals surface area contributed by atoms with Crippen molar-refractivity contribution in [1.29, 1.82) is 0 Å². The molecule has 0 aliphatic heterocycles. The Morgan fingerprint density at radius 3 is 2.73 bits per heavy atom. The molecule has 0 atom stereocenters. The van der Waals surface area contributed by atoms with Gasteiger partial charge in [-0.3, -0.25) is 4.79 Å². The maximum Gasteiger partial charge on any atom is 0.243 e. The van der Waals surface area contributed by atoms with Crippen LogP contribution in [0.1, 0.15) is 19.8 Å². The van der Waals surface area contributed by atoms with Crippen molar-refractivity contribution in [3.63, 3.8) is 0 Å². The maximum atomic E-state index is 10.6. The number of hydrogen-bond acceptors (Lipinski definition) is 2. The summed E-state index contributed by atoms with van der Waals surface area (Å²) in [6, 6.07) is 0. The molecule has 0 aliphatic rings. The fraction of sp³-hybridized carbons (Fsp3) is 0.600. The standard InChI is InChI=1S/C10H17N2OS.BrH/c1-10(13)14-8-4-3-5-12-7-6-11(2)9-12;/h6-7,9H,3-5,8H2,1-2H3;1H/q+1;/p-1. The molecule has 0 spiro atoms. The first-order valence-corrected chi connectivity index (χ1v) is 5.81. The monoisotopic (exact) mass is 292 g/mol. The summed E-state index contributed by atoms with van der Waals surface area (Å²) in [4.78, 5) is 10.6. The Kier molecular flexibility index (Phi) is 7.78. The zero-order valence-corrected chi connectivity index (χ0v) is 11.6. The highest BCUT2D eigenvalue weighted by atomic mass is 79.9. The number of carbonyl (C=O) groups excluding carboxylic acids is 1. The molecular weight excluding hydrogens is 276 g/mol. The summed E-state index contributed by atoms with van der Waals surface area (Å²) < 4.78 is 4.20. The molecule has 1 aromatic rings. The van der Waals surface area contributed by atoms with E-state index in [1.165, 1.54) is 11.8 Å². The highest BCUT2D eigenvalue weighted by Gasteiger charge is 1.99. The number of carbonyl (C=O) groups is 1. The minimum atomic E-state index is 0. The Hall–Kier alpha value is -0.290. The first kappa shape index (κ1) is 14.7. The lowest BCUT2D eigenvalue weighted by Crippen LogP contribution is -3.00. The summed E-state index contributed by atoms with van der Waals surface area (Å²) in [5, 5.41) is 0.220. The van der Waals surface area contributed by atoms with Crippen molar-refractivity contribution in [2.24, 2.45) is 7.05 Å². The Balaban J connectivity index is 0.00000196. The fourth-order valence-corrected chi connectivity index (χ4v) is 1.88. The van der Waals surface area contributed by atoms with Crippen LogP contribution in [0.4, 0.5) is 0 Å². The molecule has 0 aliphatic carbocycles. The number of rotatable bonds is 5. The molecule has 0 radical (unpaired) electrons. The lowest BCUT2D eigenvalue weighted by molar-refractivity contribution is -0.671. The first-order chi connectivity index (χ1) is 6.68. The number of imidazole rings is 1. The maximum absolute atomic E-state index is 10.6. The van der Waals surface area contributed by atoms with Crippen molar-refractivity contribution >= 4 is 16.9 Å². The molecule has 0 bridgehead atoms. The van der Waals surface area contributed by atoms with Crippen LogP contribution in [0.25, 0.3) is 0 Å². The van der Waals surface area contributed by atoms with E-state index >= 15 is 0 Å². The van der Waals surface area contributed by atoms with Crippen LogP contribution < -0.4 is 21.5 Å². The van der Waals surface area contributed by atoms with Crippen LogP contribution in [0.2, 0.25) is 0 Å². The minimum absolute atomic E-state index is 0. The zero-order chi connectivity index (χ0) is 10.4. The molecule has 0 unspecified atom stereocenters. The number of aryl methyl sites for hydroxylation is 2. The van der Waals surface area contributed by atoms with Gasteiger partial charge in [0.05, 0.1) is 13.6 Å². The zero-order valence-electron chi connectivity index (χ0n) is 9.15. The van der Waals surface area contributed by atoms with E-state index in [-0.39, 0.29) is 22.1 Å². The highest BCUT2D eigenvalue weighted by molar-refractivity contribution is 8.13. The molecule has 1 heterocycles. The van der Waals surface area contributed by atoms with Crippen LogP contribution >= 0.6 is 11.8 Å². The van der Waals surface area contributed by atoms with Crippen molar-refractivity contribution < 1.29 is 26.3 Å². The van der Waals surface area contributed by atoms with E-state index in [0.29, 0.717) is 0 Å². The van der Waals surface area contributed by atoms with Gasteiger partial charge in [-0.15, -0.1) is 0 Å². The molecule has 86 valence electrons. The quantitative estimate of drug-likeness (QED) is 0.482. The predicted molar refractivity (Wildman–Crippen MR) is 58.0 cm³/mol. The molecule has 5 heteroatoms. The van der Waals surface area contributed by atoms with E-state index in [9.17, 15) is 4.79 Å². The number of halogens is 1. The largest absolute Gasteiger partial charge is 1.00 e. The van der Waals surface area contributed by atoms with Crippen molar-refractivity contribution in [2.75, 3.05) is 5.75 Å². The molecule has 1 rings (SSSR count). The molecule has 0 aromatic carbocycles. The van der Waals surface area contributed by atoms with Gasteiger partial charge in [-0.1, -0.05) is 11.8 Å². The smallest absolute Gasteiger partial charge is 0.243 e. The highest BCUT2D eigenvalue weighted by Crippen LogP contribution is 2.05. The third-order valence-electron chi connectivity index (χ3n) is 1.94. The number of unbranched alkanes of at least 4 members (excludes halogenated alkanes) is 1. The Bertz CT molecular complexity index is 301. The third-order valence-corrected chi connectivity index (χ3v) is 2.84. The second kappa shape index (κ2) is 7.93. The number of nitrogens with zero attached hydrogens (tertiary/aromatic N) is 2. The second-order valence-electron chi connectivity index (χ2n) is 3.36. The van der Waals surface area contributed by atoms with E-state index in [2.05, 4.69) is 17.1 Å². The average Bonchev–Trinajstić information content (AvgIpc) is 2.50. The number of thioether (sulfide) groups is 1. The van der Waals surface area contributed by atoms with E-state index in [1.807, 2.05) is 17.8 Å². The Morgan fingerprint density at radius 2 is 2.20 bits per heavy atom. The summed E-state index contributed by atoms with van der Waals surface area (Å²) in [6.07, 6.45) is 8.40. The molecule has 0 N–H and O–H groups in total. The van der Waals surface area contributed by atoms with E-state index in [0.717, 1.165) is 25.1 Å². The summed E-state index contributed by atoms with van der Waals surface area (Å²) in [5.41, 5.74) is 0. The van der Waals surface area contributed by atoms with Gasteiger partial charge in [-0.05, 0) is 12.8 Å². The molecule has 1 aromatic heterocycles. The van der Waals surface area contributed by atoms with Crippen LogP contribution in [0.15, 0.2) is 18.7 Å². The van der Waals surface area contributed by atoms with Crippen LogP contribution in [-0.4, -0.2) is 15.4 Å².